The number of nitrogens with zero attached hydrogens (tertiary/aromatic N) is 1. The Morgan fingerprint density at radius 3 is 1.93 bits per heavy atom. The van der Waals surface area contributed by atoms with Crippen LogP contribution in [0.4, 0.5) is 0 Å². The second-order valence-electron chi connectivity index (χ2n) is 10.1. The Bertz CT molecular complexity index is 1410. The van der Waals surface area contributed by atoms with E-state index in [4.69, 9.17) is 37.8 Å². The zero-order valence-corrected chi connectivity index (χ0v) is 24.9. The number of carbonyl (C=O) groups excluding carboxylic acids is 1. The molecule has 0 saturated heterocycles. The van der Waals surface area contributed by atoms with Crippen molar-refractivity contribution in [2.75, 3.05) is 33.4 Å². The quantitative estimate of drug-likeness (QED) is 0.152. The van der Waals surface area contributed by atoms with Crippen molar-refractivity contribution < 1.29 is 24.2 Å². The third-order valence-electron chi connectivity index (χ3n) is 6.85. The number of ketones is 1. The Morgan fingerprint density at radius 1 is 0.786 bits per heavy atom. The Labute approximate surface area is 256 Å². The first-order valence-electron chi connectivity index (χ1n) is 13.7. The van der Waals surface area contributed by atoms with Gasteiger partial charge in [0.05, 0.1) is 5.56 Å². The lowest BCUT2D eigenvalue weighted by Gasteiger charge is -2.25. The van der Waals surface area contributed by atoms with E-state index in [1.165, 1.54) is 28.8 Å². The smallest absolute Gasteiger partial charge is 0.335 e. The highest BCUT2D eigenvalue weighted by molar-refractivity contribution is 6.30. The third kappa shape index (κ3) is 9.62. The van der Waals surface area contributed by atoms with Crippen LogP contribution in [0.2, 0.25) is 10.0 Å². The number of benzene rings is 4. The van der Waals surface area contributed by atoms with Crippen LogP contribution in [0, 0.1) is 0 Å². The van der Waals surface area contributed by atoms with Gasteiger partial charge in [0.15, 0.2) is 0 Å². The molecule has 0 aliphatic heterocycles. The van der Waals surface area contributed by atoms with E-state index in [9.17, 15) is 9.59 Å². The van der Waals surface area contributed by atoms with Crippen molar-refractivity contribution in [1.82, 2.24) is 4.90 Å². The Kier molecular flexibility index (Phi) is 11.4. The molecule has 42 heavy (non-hydrogen) atoms. The Balaban J connectivity index is 1.21. The highest BCUT2D eigenvalue weighted by Crippen LogP contribution is 2.28. The van der Waals surface area contributed by atoms with Gasteiger partial charge in [0.25, 0.3) is 0 Å². The molecule has 0 aliphatic carbocycles. The molecular weight excluding hydrogens is 573 g/mol. The molecule has 4 aromatic rings. The van der Waals surface area contributed by atoms with Gasteiger partial charge in [-0.25, -0.2) is 4.79 Å². The first-order valence-corrected chi connectivity index (χ1v) is 14.4. The van der Waals surface area contributed by atoms with Gasteiger partial charge in [-0.05, 0) is 97.7 Å². The Hall–Kier alpha value is -3.84. The van der Waals surface area contributed by atoms with Gasteiger partial charge in [-0.3, -0.25) is 4.79 Å². The SMILES string of the molecule is CN(CCCc1ccc(OCC(=O)COc2cccc(C(=O)O)c2)cc1)CC(c1ccc(Cl)cc1)c1ccc(Cl)cc1. The topological polar surface area (TPSA) is 76.1 Å². The molecule has 0 fully saturated rings. The average molecular weight is 607 g/mol. The summed E-state index contributed by atoms with van der Waals surface area (Å²) in [7, 11) is 2.14. The number of carboxylic acids is 1. The summed E-state index contributed by atoms with van der Waals surface area (Å²) < 4.78 is 11.0. The zero-order chi connectivity index (χ0) is 29.9. The predicted molar refractivity (Wildman–Crippen MR) is 166 cm³/mol. The van der Waals surface area contributed by atoms with Gasteiger partial charge in [-0.15, -0.1) is 0 Å². The van der Waals surface area contributed by atoms with Crippen LogP contribution in [0.3, 0.4) is 0 Å². The van der Waals surface area contributed by atoms with Crippen LogP contribution in [0.15, 0.2) is 97.1 Å². The molecule has 0 unspecified atom stereocenters. The number of aryl methyl sites for hydroxylation is 1. The molecule has 0 bridgehead atoms. The van der Waals surface area contributed by atoms with Crippen molar-refractivity contribution in [2.45, 2.75) is 18.8 Å². The molecule has 0 aliphatic rings. The van der Waals surface area contributed by atoms with Crippen molar-refractivity contribution >= 4 is 35.0 Å². The lowest BCUT2D eigenvalue weighted by atomic mass is 9.91. The van der Waals surface area contributed by atoms with Crippen LogP contribution in [0.5, 0.6) is 11.5 Å². The molecule has 0 heterocycles. The van der Waals surface area contributed by atoms with Gasteiger partial charge in [-0.1, -0.05) is 65.7 Å². The first kappa shape index (κ1) is 31.1. The molecule has 218 valence electrons. The average Bonchev–Trinajstić information content (AvgIpc) is 2.99. The minimum Gasteiger partial charge on any atom is -0.486 e. The maximum absolute atomic E-state index is 12.2. The van der Waals surface area contributed by atoms with Gasteiger partial charge in [0, 0.05) is 22.5 Å². The van der Waals surface area contributed by atoms with Gasteiger partial charge in [-0.2, -0.15) is 0 Å². The molecule has 8 heteroatoms. The molecule has 0 atom stereocenters. The van der Waals surface area contributed by atoms with E-state index in [0.717, 1.165) is 36.0 Å². The van der Waals surface area contributed by atoms with Crippen LogP contribution in [-0.2, 0) is 11.2 Å². The van der Waals surface area contributed by atoms with E-state index in [2.05, 4.69) is 36.2 Å². The predicted octanol–water partition coefficient (Wildman–Crippen LogP) is 7.42. The number of carbonyl (C=O) groups is 2. The van der Waals surface area contributed by atoms with E-state index in [0.29, 0.717) is 11.5 Å². The number of ether oxygens (including phenoxy) is 2. The number of carboxylic acid groups (broad SMARTS) is 1. The van der Waals surface area contributed by atoms with Crippen LogP contribution in [0.1, 0.15) is 39.4 Å². The van der Waals surface area contributed by atoms with Gasteiger partial charge in [0.1, 0.15) is 24.7 Å². The minimum atomic E-state index is -1.05. The van der Waals surface area contributed by atoms with Crippen LogP contribution >= 0.6 is 23.2 Å². The van der Waals surface area contributed by atoms with Gasteiger partial charge < -0.3 is 19.5 Å². The monoisotopic (exact) mass is 605 g/mol. The van der Waals surface area contributed by atoms with E-state index in [-0.39, 0.29) is 30.5 Å². The van der Waals surface area contributed by atoms with Gasteiger partial charge in [0.2, 0.25) is 5.78 Å². The van der Waals surface area contributed by atoms with Crippen LogP contribution in [-0.4, -0.2) is 55.1 Å². The summed E-state index contributed by atoms with van der Waals surface area (Å²) in [6.45, 7) is 1.45. The number of hydrogen-bond donors (Lipinski definition) is 1. The number of aromatic carboxylic acids is 1. The van der Waals surface area contributed by atoms with Gasteiger partial charge >= 0.3 is 5.97 Å². The third-order valence-corrected chi connectivity index (χ3v) is 7.35. The highest BCUT2D eigenvalue weighted by Gasteiger charge is 2.17. The van der Waals surface area contributed by atoms with E-state index < -0.39 is 5.97 Å². The van der Waals surface area contributed by atoms with Crippen molar-refractivity contribution in [1.29, 1.82) is 0 Å². The summed E-state index contributed by atoms with van der Waals surface area (Å²) >= 11 is 12.3. The fraction of sp³-hybridized carbons (Fsp3) is 0.235. The lowest BCUT2D eigenvalue weighted by Crippen LogP contribution is -2.26. The molecule has 4 aromatic carbocycles. The van der Waals surface area contributed by atoms with E-state index in [1.807, 2.05) is 48.5 Å². The van der Waals surface area contributed by atoms with E-state index in [1.54, 1.807) is 12.1 Å². The lowest BCUT2D eigenvalue weighted by molar-refractivity contribution is -0.123. The van der Waals surface area contributed by atoms with Crippen molar-refractivity contribution in [3.8, 4) is 11.5 Å². The molecular formula is C34H33Cl2NO5. The fourth-order valence-electron chi connectivity index (χ4n) is 4.59. The summed E-state index contributed by atoms with van der Waals surface area (Å²) in [6, 6.07) is 29.8. The molecule has 0 saturated carbocycles. The molecule has 0 aromatic heterocycles. The molecule has 0 spiro atoms. The second-order valence-corrected chi connectivity index (χ2v) is 11.0. The van der Waals surface area contributed by atoms with Crippen LogP contribution < -0.4 is 9.47 Å². The highest BCUT2D eigenvalue weighted by atomic mass is 35.5. The largest absolute Gasteiger partial charge is 0.486 e. The summed E-state index contributed by atoms with van der Waals surface area (Å²) in [4.78, 5) is 25.6. The Morgan fingerprint density at radius 2 is 1.36 bits per heavy atom. The first-order chi connectivity index (χ1) is 20.3. The zero-order valence-electron chi connectivity index (χ0n) is 23.3. The molecule has 0 amide bonds. The number of rotatable bonds is 15. The summed E-state index contributed by atoms with van der Waals surface area (Å²) in [6.07, 6.45) is 1.91. The minimum absolute atomic E-state index is 0.100. The number of Topliss-reactive ketones (excluding diaryl/α,β-unsaturated/α-hetero) is 1. The van der Waals surface area contributed by atoms with E-state index >= 15 is 0 Å². The maximum Gasteiger partial charge on any atom is 0.335 e. The molecule has 1 N–H and O–H groups in total. The normalized spacial score (nSPS) is 11.1. The van der Waals surface area contributed by atoms with Crippen molar-refractivity contribution in [3.05, 3.63) is 129 Å². The fourth-order valence-corrected chi connectivity index (χ4v) is 4.84. The number of halogens is 2. The molecule has 4 rings (SSSR count). The standard InChI is InChI=1S/C34H33Cl2NO5/c1-37(21-33(25-9-13-28(35)14-10-25)26-11-15-29(36)16-12-26)19-3-4-24-7-17-31(18-8-24)41-22-30(38)23-42-32-6-2-5-27(20-32)34(39)40/h2,5-18,20,33H,3-4,19,21-23H2,1H3,(H,39,40). The van der Waals surface area contributed by atoms with Crippen LogP contribution in [0.25, 0.3) is 0 Å². The number of likely N-dealkylation sites (N-methyl/N-ethyl adjacent to an activating group) is 1. The summed E-state index contributed by atoms with van der Waals surface area (Å²) in [5, 5.41) is 10.5. The molecule has 0 radical (unpaired) electrons. The number of hydrogen-bond acceptors (Lipinski definition) is 5. The molecule has 6 nitrogen and oxygen atoms in total. The second kappa shape index (κ2) is 15.4. The van der Waals surface area contributed by atoms with Crippen molar-refractivity contribution in [3.63, 3.8) is 0 Å². The maximum atomic E-state index is 12.2. The summed E-state index contributed by atoms with van der Waals surface area (Å²) in [5.41, 5.74) is 3.71. The van der Waals surface area contributed by atoms with Crippen molar-refractivity contribution in [2.24, 2.45) is 0 Å². The summed E-state index contributed by atoms with van der Waals surface area (Å²) in [5.74, 6) is -0.181.